The van der Waals surface area contributed by atoms with E-state index in [2.05, 4.69) is 0 Å². The maximum absolute atomic E-state index is 5.86. The Balaban J connectivity index is 4.63. The van der Waals surface area contributed by atoms with Crippen LogP contribution in [0, 0.1) is 5.41 Å². The molecule has 0 aliphatic rings. The van der Waals surface area contributed by atoms with Gasteiger partial charge in [-0.25, -0.2) is 0 Å². The first-order valence-electron chi connectivity index (χ1n) is 9.01. The zero-order valence-corrected chi connectivity index (χ0v) is 17.0. The van der Waals surface area contributed by atoms with Crippen molar-refractivity contribution in [2.75, 3.05) is 108 Å². The molecular formula is C18H38O8. The minimum atomic E-state index is -0.400. The third-order valence-electron chi connectivity index (χ3n) is 3.57. The minimum absolute atomic E-state index is 0.400. The molecule has 0 fully saturated rings. The zero-order valence-electron chi connectivity index (χ0n) is 17.0. The summed E-state index contributed by atoms with van der Waals surface area (Å²) in [6.07, 6.45) is 0.839. The Kier molecular flexibility index (Phi) is 19.2. The van der Waals surface area contributed by atoms with Crippen molar-refractivity contribution in [3.63, 3.8) is 0 Å². The molecule has 0 aromatic rings. The van der Waals surface area contributed by atoms with Crippen molar-refractivity contribution in [1.82, 2.24) is 0 Å². The first kappa shape index (κ1) is 25.7. The fourth-order valence-corrected chi connectivity index (χ4v) is 2.14. The summed E-state index contributed by atoms with van der Waals surface area (Å²) in [6, 6.07) is 0. The summed E-state index contributed by atoms with van der Waals surface area (Å²) < 4.78 is 43.4. The standard InChI is InChI=1S/C18H38O8/c1-19-6-5-7-23-14-18(15-24-11-8-20-2,16-25-12-9-21-3)17-26-13-10-22-4/h5-17H2,1-4H3. The van der Waals surface area contributed by atoms with E-state index in [4.69, 9.17) is 37.9 Å². The van der Waals surface area contributed by atoms with Crippen LogP contribution in [0.1, 0.15) is 6.42 Å². The average molecular weight is 382 g/mol. The maximum Gasteiger partial charge on any atom is 0.0700 e. The first-order valence-corrected chi connectivity index (χ1v) is 9.01. The molecule has 0 radical (unpaired) electrons. The fraction of sp³-hybridized carbons (Fsp3) is 1.00. The monoisotopic (exact) mass is 382 g/mol. The van der Waals surface area contributed by atoms with Crippen LogP contribution in [0.5, 0.6) is 0 Å². The lowest BCUT2D eigenvalue weighted by atomic mass is 9.92. The molecule has 0 spiro atoms. The quantitative estimate of drug-likeness (QED) is 0.272. The van der Waals surface area contributed by atoms with Crippen molar-refractivity contribution in [1.29, 1.82) is 0 Å². The van der Waals surface area contributed by atoms with Gasteiger partial charge in [0, 0.05) is 41.7 Å². The molecule has 8 heteroatoms. The lowest BCUT2D eigenvalue weighted by molar-refractivity contribution is -0.116. The Bertz CT molecular complexity index is 247. The van der Waals surface area contributed by atoms with E-state index in [1.54, 1.807) is 28.4 Å². The molecule has 0 rings (SSSR count). The summed E-state index contributed by atoms with van der Waals surface area (Å²) in [5.74, 6) is 0. The molecule has 0 bridgehead atoms. The Morgan fingerprint density at radius 1 is 0.423 bits per heavy atom. The van der Waals surface area contributed by atoms with Gasteiger partial charge in [-0.2, -0.15) is 0 Å². The second kappa shape index (κ2) is 19.4. The van der Waals surface area contributed by atoms with Gasteiger partial charge in [0.1, 0.15) is 0 Å². The lowest BCUT2D eigenvalue weighted by Gasteiger charge is -2.33. The molecule has 0 aromatic carbocycles. The average Bonchev–Trinajstić information content (AvgIpc) is 2.65. The topological polar surface area (TPSA) is 73.8 Å². The molecule has 0 saturated carbocycles. The van der Waals surface area contributed by atoms with E-state index in [-0.39, 0.29) is 0 Å². The van der Waals surface area contributed by atoms with Gasteiger partial charge < -0.3 is 37.9 Å². The van der Waals surface area contributed by atoms with Crippen LogP contribution in [0.4, 0.5) is 0 Å². The van der Waals surface area contributed by atoms with Gasteiger partial charge in [-0.05, 0) is 6.42 Å². The molecule has 0 saturated heterocycles. The highest BCUT2D eigenvalue weighted by Crippen LogP contribution is 2.21. The maximum atomic E-state index is 5.86. The zero-order chi connectivity index (χ0) is 19.3. The van der Waals surface area contributed by atoms with Gasteiger partial charge in [0.05, 0.1) is 71.5 Å². The number of hydrogen-bond donors (Lipinski definition) is 0. The Hall–Kier alpha value is -0.320. The van der Waals surface area contributed by atoms with Crippen LogP contribution < -0.4 is 0 Å². The van der Waals surface area contributed by atoms with Gasteiger partial charge >= 0.3 is 0 Å². The summed E-state index contributed by atoms with van der Waals surface area (Å²) in [7, 11) is 6.63. The molecule has 0 atom stereocenters. The van der Waals surface area contributed by atoms with Crippen LogP contribution in [-0.2, 0) is 37.9 Å². The van der Waals surface area contributed by atoms with Crippen LogP contribution in [-0.4, -0.2) is 108 Å². The molecule has 8 nitrogen and oxygen atoms in total. The molecule has 0 heterocycles. The van der Waals surface area contributed by atoms with Crippen LogP contribution in [0.15, 0.2) is 0 Å². The van der Waals surface area contributed by atoms with E-state index in [0.717, 1.165) is 6.42 Å². The third kappa shape index (κ3) is 14.8. The van der Waals surface area contributed by atoms with Gasteiger partial charge in [0.2, 0.25) is 0 Å². The van der Waals surface area contributed by atoms with Crippen molar-refractivity contribution in [2.45, 2.75) is 6.42 Å². The van der Waals surface area contributed by atoms with E-state index < -0.39 is 5.41 Å². The lowest BCUT2D eigenvalue weighted by Crippen LogP contribution is -2.42. The second-order valence-electron chi connectivity index (χ2n) is 6.04. The number of hydrogen-bond acceptors (Lipinski definition) is 8. The van der Waals surface area contributed by atoms with Crippen LogP contribution in [0.25, 0.3) is 0 Å². The van der Waals surface area contributed by atoms with E-state index in [0.29, 0.717) is 79.3 Å². The van der Waals surface area contributed by atoms with Crippen molar-refractivity contribution in [3.05, 3.63) is 0 Å². The smallest absolute Gasteiger partial charge is 0.0700 e. The molecule has 0 aromatic heterocycles. The summed E-state index contributed by atoms with van der Waals surface area (Å²) in [5, 5.41) is 0. The van der Waals surface area contributed by atoms with E-state index in [9.17, 15) is 0 Å². The van der Waals surface area contributed by atoms with Crippen molar-refractivity contribution in [3.8, 4) is 0 Å². The van der Waals surface area contributed by atoms with Gasteiger partial charge in [-0.1, -0.05) is 0 Å². The van der Waals surface area contributed by atoms with Crippen molar-refractivity contribution in [2.24, 2.45) is 5.41 Å². The van der Waals surface area contributed by atoms with Gasteiger partial charge in [0.15, 0.2) is 0 Å². The normalized spacial score (nSPS) is 12.0. The SMILES string of the molecule is COCCCOCC(COCCOC)(COCCOC)COCCOC. The third-order valence-corrected chi connectivity index (χ3v) is 3.57. The molecule has 0 aliphatic heterocycles. The van der Waals surface area contributed by atoms with Gasteiger partial charge in [-0.15, -0.1) is 0 Å². The Morgan fingerprint density at radius 3 is 1.12 bits per heavy atom. The summed E-state index contributed by atoms with van der Waals surface area (Å²) in [5.41, 5.74) is -0.400. The van der Waals surface area contributed by atoms with Crippen molar-refractivity contribution < 1.29 is 37.9 Å². The number of ether oxygens (including phenoxy) is 8. The van der Waals surface area contributed by atoms with E-state index in [1.165, 1.54) is 0 Å². The molecular weight excluding hydrogens is 344 g/mol. The van der Waals surface area contributed by atoms with Crippen molar-refractivity contribution >= 4 is 0 Å². The number of methoxy groups -OCH3 is 4. The molecule has 158 valence electrons. The molecule has 0 unspecified atom stereocenters. The minimum Gasteiger partial charge on any atom is -0.385 e. The van der Waals surface area contributed by atoms with Gasteiger partial charge in [-0.3, -0.25) is 0 Å². The van der Waals surface area contributed by atoms with E-state index >= 15 is 0 Å². The molecule has 26 heavy (non-hydrogen) atoms. The Labute approximate surface area is 158 Å². The highest BCUT2D eigenvalue weighted by molar-refractivity contribution is 4.79. The largest absolute Gasteiger partial charge is 0.385 e. The molecule has 0 aliphatic carbocycles. The number of rotatable bonds is 21. The van der Waals surface area contributed by atoms with Crippen LogP contribution >= 0.6 is 0 Å². The van der Waals surface area contributed by atoms with Gasteiger partial charge in [0.25, 0.3) is 0 Å². The van der Waals surface area contributed by atoms with Crippen LogP contribution in [0.2, 0.25) is 0 Å². The summed E-state index contributed by atoms with van der Waals surface area (Å²) in [4.78, 5) is 0. The second-order valence-corrected chi connectivity index (χ2v) is 6.04. The predicted octanol–water partition coefficient (Wildman–Crippen LogP) is 1.01. The summed E-state index contributed by atoms with van der Waals surface area (Å²) in [6.45, 7) is 6.30. The van der Waals surface area contributed by atoms with Crippen LogP contribution in [0.3, 0.4) is 0 Å². The highest BCUT2D eigenvalue weighted by atomic mass is 16.5. The molecule has 0 N–H and O–H groups in total. The summed E-state index contributed by atoms with van der Waals surface area (Å²) >= 11 is 0. The van der Waals surface area contributed by atoms with E-state index in [1.807, 2.05) is 0 Å². The molecule has 0 amide bonds. The highest BCUT2D eigenvalue weighted by Gasteiger charge is 2.32. The first-order chi connectivity index (χ1) is 12.7. The predicted molar refractivity (Wildman–Crippen MR) is 97.8 cm³/mol. The Morgan fingerprint density at radius 2 is 0.769 bits per heavy atom. The fourth-order valence-electron chi connectivity index (χ4n) is 2.14.